The molecule has 1 rings (SSSR count). The lowest BCUT2D eigenvalue weighted by Gasteiger charge is -2.13. The number of hydrogen-bond acceptors (Lipinski definition) is 2. The minimum Gasteiger partial charge on any atom is -0.494 e. The summed E-state index contributed by atoms with van der Waals surface area (Å²) in [6.45, 7) is 6.75. The highest BCUT2D eigenvalue weighted by Gasteiger charge is 2.07. The first-order valence-electron chi connectivity index (χ1n) is 6.79. The molecule has 0 atom stereocenters. The molecular weight excluding hydrogens is 240 g/mol. The molecule has 1 aromatic carbocycles. The zero-order valence-corrected chi connectivity index (χ0v) is 11.9. The summed E-state index contributed by atoms with van der Waals surface area (Å²) in [7, 11) is 0. The average molecular weight is 262 g/mol. The fourth-order valence-electron chi connectivity index (χ4n) is 2.09. The third-order valence-electron chi connectivity index (χ3n) is 3.02. The Kier molecular flexibility index (Phi) is 6.13. The van der Waals surface area contributed by atoms with E-state index in [0.29, 0.717) is 6.61 Å². The van der Waals surface area contributed by atoms with Crippen LogP contribution in [0.5, 0.6) is 5.75 Å². The summed E-state index contributed by atoms with van der Waals surface area (Å²) in [6, 6.07) is 6.02. The summed E-state index contributed by atoms with van der Waals surface area (Å²) >= 11 is 0. The van der Waals surface area contributed by atoms with Crippen LogP contribution >= 0.6 is 0 Å². The topological polar surface area (TPSA) is 46.5 Å². The van der Waals surface area contributed by atoms with E-state index in [1.165, 1.54) is 5.56 Å². The number of ether oxygens (including phenoxy) is 1. The molecule has 19 heavy (non-hydrogen) atoms. The molecule has 1 aromatic rings. The zero-order valence-electron chi connectivity index (χ0n) is 11.9. The van der Waals surface area contributed by atoms with E-state index in [1.54, 1.807) is 6.08 Å². The number of benzene rings is 1. The lowest BCUT2D eigenvalue weighted by Crippen LogP contribution is -1.98. The maximum absolute atomic E-state index is 10.7. The quantitative estimate of drug-likeness (QED) is 0.810. The van der Waals surface area contributed by atoms with Gasteiger partial charge in [0.1, 0.15) is 5.75 Å². The van der Waals surface area contributed by atoms with Gasteiger partial charge in [-0.05, 0) is 48.6 Å². The first kappa shape index (κ1) is 15.3. The summed E-state index contributed by atoms with van der Waals surface area (Å²) in [6.07, 6.45) is 3.60. The molecule has 0 amide bonds. The van der Waals surface area contributed by atoms with Crippen molar-refractivity contribution in [2.24, 2.45) is 0 Å². The van der Waals surface area contributed by atoms with Gasteiger partial charge in [0.2, 0.25) is 0 Å². The smallest absolute Gasteiger partial charge is 0.307 e. The molecule has 0 unspecified atom stereocenters. The van der Waals surface area contributed by atoms with Gasteiger partial charge in [0, 0.05) is 0 Å². The van der Waals surface area contributed by atoms with E-state index >= 15 is 0 Å². The summed E-state index contributed by atoms with van der Waals surface area (Å²) in [4.78, 5) is 10.7. The fraction of sp³-hybridized carbons (Fsp3) is 0.438. The van der Waals surface area contributed by atoms with Crippen molar-refractivity contribution in [1.82, 2.24) is 0 Å². The van der Waals surface area contributed by atoms with Crippen LogP contribution in [-0.4, -0.2) is 17.7 Å². The molecule has 104 valence electrons. The third-order valence-corrected chi connectivity index (χ3v) is 3.02. The summed E-state index contributed by atoms with van der Waals surface area (Å²) in [5.41, 5.74) is 3.42. The Hall–Kier alpha value is -1.77. The van der Waals surface area contributed by atoms with E-state index in [0.717, 1.165) is 29.7 Å². The molecule has 0 aliphatic rings. The molecule has 0 aliphatic carbocycles. The van der Waals surface area contributed by atoms with Crippen molar-refractivity contribution in [3.8, 4) is 5.75 Å². The van der Waals surface area contributed by atoms with Crippen LogP contribution in [0, 0.1) is 0 Å². The molecule has 0 aromatic heterocycles. The lowest BCUT2D eigenvalue weighted by atomic mass is 9.95. The summed E-state index contributed by atoms with van der Waals surface area (Å²) in [5, 5.41) is 8.78. The van der Waals surface area contributed by atoms with Gasteiger partial charge in [0.15, 0.2) is 0 Å². The second-order valence-electron chi connectivity index (χ2n) is 4.29. The van der Waals surface area contributed by atoms with Crippen LogP contribution in [0.15, 0.2) is 24.3 Å². The summed E-state index contributed by atoms with van der Waals surface area (Å²) in [5.74, 6) is 0.0757. The van der Waals surface area contributed by atoms with Gasteiger partial charge in [0.25, 0.3) is 0 Å². The van der Waals surface area contributed by atoms with Crippen LogP contribution in [0.2, 0.25) is 0 Å². The number of aliphatic carboxylic acids is 1. The first-order valence-corrected chi connectivity index (χ1v) is 6.79. The van der Waals surface area contributed by atoms with Crippen molar-refractivity contribution in [2.45, 2.75) is 40.0 Å². The van der Waals surface area contributed by atoms with Gasteiger partial charge in [-0.3, -0.25) is 4.79 Å². The predicted octanol–water partition coefficient (Wildman–Crippen LogP) is 3.92. The predicted molar refractivity (Wildman–Crippen MR) is 77.5 cm³/mol. The normalized spacial score (nSPS) is 11.4. The standard InChI is InChI=1S/C16H22O3/c1-4-12(7-10-16(17)18)15-9-8-14(19-6-3)11-13(15)5-2/h7-9,11H,4-6,10H2,1-3H3,(H,17,18)/b12-7+. The Labute approximate surface area is 114 Å². The minimum atomic E-state index is -0.796. The van der Waals surface area contributed by atoms with Gasteiger partial charge in [-0.1, -0.05) is 26.0 Å². The average Bonchev–Trinajstić information content (AvgIpc) is 2.40. The Morgan fingerprint density at radius 1 is 1.32 bits per heavy atom. The van der Waals surface area contributed by atoms with Crippen LogP contribution in [0.3, 0.4) is 0 Å². The van der Waals surface area contributed by atoms with Crippen molar-refractivity contribution in [1.29, 1.82) is 0 Å². The maximum Gasteiger partial charge on any atom is 0.307 e. The largest absolute Gasteiger partial charge is 0.494 e. The molecule has 1 N–H and O–H groups in total. The Bertz CT molecular complexity index is 461. The van der Waals surface area contributed by atoms with Crippen molar-refractivity contribution >= 4 is 11.5 Å². The maximum atomic E-state index is 10.7. The van der Waals surface area contributed by atoms with Gasteiger partial charge in [0.05, 0.1) is 13.0 Å². The van der Waals surface area contributed by atoms with E-state index in [-0.39, 0.29) is 6.42 Å². The Morgan fingerprint density at radius 3 is 2.58 bits per heavy atom. The van der Waals surface area contributed by atoms with Gasteiger partial charge < -0.3 is 9.84 Å². The lowest BCUT2D eigenvalue weighted by molar-refractivity contribution is -0.135. The van der Waals surface area contributed by atoms with E-state index < -0.39 is 5.97 Å². The molecule has 0 bridgehead atoms. The molecule has 0 radical (unpaired) electrons. The Balaban J connectivity index is 3.09. The van der Waals surface area contributed by atoms with Crippen molar-refractivity contribution in [3.63, 3.8) is 0 Å². The van der Waals surface area contributed by atoms with Crippen molar-refractivity contribution in [2.75, 3.05) is 6.61 Å². The SMILES string of the molecule is CCOc1ccc(/C(=C/CC(=O)O)CC)c(CC)c1. The van der Waals surface area contributed by atoms with E-state index in [1.807, 2.05) is 32.0 Å². The number of carboxylic acid groups (broad SMARTS) is 1. The number of carboxylic acids is 1. The second-order valence-corrected chi connectivity index (χ2v) is 4.29. The van der Waals surface area contributed by atoms with Crippen molar-refractivity contribution < 1.29 is 14.6 Å². The minimum absolute atomic E-state index is 0.0690. The Morgan fingerprint density at radius 2 is 2.05 bits per heavy atom. The van der Waals surface area contributed by atoms with Gasteiger partial charge >= 0.3 is 5.97 Å². The highest BCUT2D eigenvalue weighted by molar-refractivity contribution is 5.75. The molecule has 0 saturated carbocycles. The molecule has 0 fully saturated rings. The van der Waals surface area contributed by atoms with Crippen LogP contribution < -0.4 is 4.74 Å². The molecule has 3 nitrogen and oxygen atoms in total. The number of aryl methyl sites for hydroxylation is 1. The number of allylic oxidation sites excluding steroid dienone is 1. The van der Waals surface area contributed by atoms with Crippen LogP contribution in [0.25, 0.3) is 5.57 Å². The number of carbonyl (C=O) groups is 1. The van der Waals surface area contributed by atoms with Crippen LogP contribution in [-0.2, 0) is 11.2 Å². The van der Waals surface area contributed by atoms with Gasteiger partial charge in [-0.25, -0.2) is 0 Å². The fourth-order valence-corrected chi connectivity index (χ4v) is 2.09. The molecular formula is C16H22O3. The molecule has 0 saturated heterocycles. The van der Waals surface area contributed by atoms with E-state index in [4.69, 9.17) is 9.84 Å². The van der Waals surface area contributed by atoms with Crippen LogP contribution in [0.1, 0.15) is 44.7 Å². The van der Waals surface area contributed by atoms with Gasteiger partial charge in [-0.2, -0.15) is 0 Å². The van der Waals surface area contributed by atoms with Gasteiger partial charge in [-0.15, -0.1) is 0 Å². The molecule has 3 heteroatoms. The first-order chi connectivity index (χ1) is 9.12. The second kappa shape index (κ2) is 7.62. The zero-order chi connectivity index (χ0) is 14.3. The monoisotopic (exact) mass is 262 g/mol. The molecule has 0 spiro atoms. The van der Waals surface area contributed by atoms with Crippen molar-refractivity contribution in [3.05, 3.63) is 35.4 Å². The molecule has 0 aliphatic heterocycles. The van der Waals surface area contributed by atoms with Crippen LogP contribution in [0.4, 0.5) is 0 Å². The highest BCUT2D eigenvalue weighted by atomic mass is 16.5. The highest BCUT2D eigenvalue weighted by Crippen LogP contribution is 2.27. The number of rotatable bonds is 7. The third kappa shape index (κ3) is 4.43. The molecule has 0 heterocycles. The van der Waals surface area contributed by atoms with E-state index in [9.17, 15) is 4.79 Å². The van der Waals surface area contributed by atoms with E-state index in [2.05, 4.69) is 6.92 Å². The summed E-state index contributed by atoms with van der Waals surface area (Å²) < 4.78 is 5.50. The number of hydrogen-bond donors (Lipinski definition) is 1.